The molecule has 0 aliphatic rings. The Balaban J connectivity index is -0.0000000528. The minimum absolute atomic E-state index is 0.844. The molecule has 0 saturated heterocycles. The molecule has 14 heavy (non-hydrogen) atoms. The van der Waals surface area contributed by atoms with Crippen molar-refractivity contribution in [1.29, 1.82) is 0 Å². The minimum Gasteiger partial charge on any atom is -0.382 e. The number of hydrogen-bond acceptors (Lipinski definition) is 1. The molecule has 0 N–H and O–H groups in total. The van der Waals surface area contributed by atoms with E-state index in [2.05, 4.69) is 26.3 Å². The van der Waals surface area contributed by atoms with E-state index in [0.29, 0.717) is 0 Å². The van der Waals surface area contributed by atoms with Gasteiger partial charge in [-0.05, 0) is 20.8 Å². The summed E-state index contributed by atoms with van der Waals surface area (Å²) in [6, 6.07) is 0. The molecule has 0 amide bonds. The SMILES string of the molecule is C=C.C=C.CC(Cl)(Cl)Cl.CCOCC. The first kappa shape index (κ1) is 23.8. The first-order chi connectivity index (χ1) is 6.41. The van der Waals surface area contributed by atoms with Crippen molar-refractivity contribution >= 4 is 34.8 Å². The zero-order valence-corrected chi connectivity index (χ0v) is 11.6. The van der Waals surface area contributed by atoms with E-state index in [1.54, 1.807) is 0 Å². The molecule has 0 saturated carbocycles. The quantitative estimate of drug-likeness (QED) is 0.502. The number of alkyl halides is 3. The molecule has 0 spiro atoms. The van der Waals surface area contributed by atoms with Gasteiger partial charge in [0, 0.05) is 13.2 Å². The van der Waals surface area contributed by atoms with E-state index in [9.17, 15) is 0 Å². The molecule has 0 fully saturated rings. The van der Waals surface area contributed by atoms with E-state index in [1.807, 2.05) is 13.8 Å². The predicted octanol–water partition coefficient (Wildman–Crippen LogP) is 5.02. The van der Waals surface area contributed by atoms with Crippen molar-refractivity contribution in [2.45, 2.75) is 24.6 Å². The third-order valence-electron chi connectivity index (χ3n) is 0.408. The van der Waals surface area contributed by atoms with Gasteiger partial charge in [0.25, 0.3) is 0 Å². The molecule has 0 aliphatic heterocycles. The Morgan fingerprint density at radius 2 is 1.07 bits per heavy atom. The molecule has 1 nitrogen and oxygen atoms in total. The van der Waals surface area contributed by atoms with Gasteiger partial charge in [-0.2, -0.15) is 0 Å². The summed E-state index contributed by atoms with van der Waals surface area (Å²) >= 11 is 15.2. The summed E-state index contributed by atoms with van der Waals surface area (Å²) in [5.41, 5.74) is 0. The van der Waals surface area contributed by atoms with Gasteiger partial charge < -0.3 is 4.74 Å². The predicted molar refractivity (Wildman–Crippen MR) is 70.6 cm³/mol. The van der Waals surface area contributed by atoms with Gasteiger partial charge in [0.2, 0.25) is 0 Å². The molecule has 0 aromatic rings. The van der Waals surface area contributed by atoms with E-state index < -0.39 is 3.79 Å². The van der Waals surface area contributed by atoms with Gasteiger partial charge >= 0.3 is 0 Å². The third kappa shape index (κ3) is 295. The molecular weight excluding hydrogens is 242 g/mol. The Bertz CT molecular complexity index is 71.9. The summed E-state index contributed by atoms with van der Waals surface area (Å²) in [4.78, 5) is 0. The monoisotopic (exact) mass is 262 g/mol. The van der Waals surface area contributed by atoms with E-state index in [1.165, 1.54) is 6.92 Å². The second-order valence-electron chi connectivity index (χ2n) is 1.56. The largest absolute Gasteiger partial charge is 0.382 e. The highest BCUT2D eigenvalue weighted by Crippen LogP contribution is 2.23. The van der Waals surface area contributed by atoms with Crippen LogP contribution >= 0.6 is 34.8 Å². The minimum atomic E-state index is -1.08. The maximum Gasteiger partial charge on any atom is 0.187 e. The zero-order chi connectivity index (χ0) is 12.6. The van der Waals surface area contributed by atoms with Crippen LogP contribution in [0.4, 0.5) is 0 Å². The molecule has 0 heterocycles. The number of hydrogen-bond donors (Lipinski definition) is 0. The Morgan fingerprint density at radius 3 is 1.07 bits per heavy atom. The van der Waals surface area contributed by atoms with Crippen molar-refractivity contribution in [3.05, 3.63) is 26.3 Å². The van der Waals surface area contributed by atoms with Crippen molar-refractivity contribution in [3.8, 4) is 0 Å². The van der Waals surface area contributed by atoms with Gasteiger partial charge in [-0.3, -0.25) is 0 Å². The highest BCUT2D eigenvalue weighted by molar-refractivity contribution is 6.67. The summed E-state index contributed by atoms with van der Waals surface area (Å²) in [6.45, 7) is 19.2. The lowest BCUT2D eigenvalue weighted by atomic mass is 10.8. The topological polar surface area (TPSA) is 9.23 Å². The van der Waals surface area contributed by atoms with Gasteiger partial charge in [-0.25, -0.2) is 0 Å². The highest BCUT2D eigenvalue weighted by Gasteiger charge is 2.07. The average molecular weight is 264 g/mol. The third-order valence-corrected chi connectivity index (χ3v) is 0.408. The van der Waals surface area contributed by atoms with Crippen LogP contribution in [-0.2, 0) is 4.74 Å². The number of rotatable bonds is 2. The Kier molecular flexibility index (Phi) is 39.6. The Hall–Kier alpha value is 0.310. The number of ether oxygens (including phenoxy) is 1. The lowest BCUT2D eigenvalue weighted by molar-refractivity contribution is 0.162. The first-order valence-electron chi connectivity index (χ1n) is 4.06. The average Bonchev–Trinajstić information content (AvgIpc) is 2.10. The maximum atomic E-state index is 5.06. The van der Waals surface area contributed by atoms with E-state index in [4.69, 9.17) is 39.5 Å². The van der Waals surface area contributed by atoms with Crippen molar-refractivity contribution in [2.75, 3.05) is 13.2 Å². The molecule has 0 aromatic heterocycles. The van der Waals surface area contributed by atoms with Gasteiger partial charge in [-0.1, -0.05) is 34.8 Å². The fourth-order valence-corrected chi connectivity index (χ4v) is 0.204. The molecule has 0 aliphatic carbocycles. The maximum absolute atomic E-state index is 5.06. The van der Waals surface area contributed by atoms with Crippen molar-refractivity contribution < 1.29 is 4.74 Å². The van der Waals surface area contributed by atoms with Crippen LogP contribution in [0, 0.1) is 0 Å². The molecule has 0 rings (SSSR count). The normalized spacial score (nSPS) is 7.86. The Morgan fingerprint density at radius 1 is 0.929 bits per heavy atom. The Labute approximate surface area is 104 Å². The van der Waals surface area contributed by atoms with Crippen LogP contribution in [0.25, 0.3) is 0 Å². The molecule has 88 valence electrons. The summed E-state index contributed by atoms with van der Waals surface area (Å²) in [5.74, 6) is 0. The summed E-state index contributed by atoms with van der Waals surface area (Å²) in [6.07, 6.45) is 0. The van der Waals surface area contributed by atoms with E-state index in [0.717, 1.165) is 13.2 Å². The van der Waals surface area contributed by atoms with Crippen LogP contribution in [0.15, 0.2) is 26.3 Å². The standard InChI is InChI=1S/C4H10O.C2H3Cl3.2C2H4/c1-3-5-4-2;1-2(3,4)5;2*1-2/h3-4H2,1-2H3;1H3;2*1-2H2. The van der Waals surface area contributed by atoms with Gasteiger partial charge in [0.1, 0.15) is 0 Å². The molecule has 0 unspecified atom stereocenters. The fourth-order valence-electron chi connectivity index (χ4n) is 0.204. The van der Waals surface area contributed by atoms with E-state index in [-0.39, 0.29) is 0 Å². The lowest BCUT2D eigenvalue weighted by Gasteiger charge is -1.94. The molecule has 4 heteroatoms. The fraction of sp³-hybridized carbons (Fsp3) is 0.600. The second kappa shape index (κ2) is 23.3. The molecule has 0 aromatic carbocycles. The second-order valence-corrected chi connectivity index (χ2v) is 4.41. The molecule has 0 bridgehead atoms. The lowest BCUT2D eigenvalue weighted by Crippen LogP contribution is -1.87. The summed E-state index contributed by atoms with van der Waals surface area (Å²) < 4.78 is 3.75. The van der Waals surface area contributed by atoms with Crippen LogP contribution in [0.1, 0.15) is 20.8 Å². The van der Waals surface area contributed by atoms with Gasteiger partial charge in [0.05, 0.1) is 0 Å². The van der Waals surface area contributed by atoms with Crippen molar-refractivity contribution in [1.82, 2.24) is 0 Å². The number of halogens is 3. The smallest absolute Gasteiger partial charge is 0.187 e. The van der Waals surface area contributed by atoms with Crippen molar-refractivity contribution in [3.63, 3.8) is 0 Å². The van der Waals surface area contributed by atoms with Gasteiger partial charge in [0.15, 0.2) is 3.79 Å². The summed E-state index contributed by atoms with van der Waals surface area (Å²) in [7, 11) is 0. The molecule has 0 radical (unpaired) electrons. The van der Waals surface area contributed by atoms with Crippen LogP contribution in [0.2, 0.25) is 0 Å². The van der Waals surface area contributed by atoms with Crippen LogP contribution in [-0.4, -0.2) is 17.0 Å². The van der Waals surface area contributed by atoms with Crippen LogP contribution in [0.5, 0.6) is 0 Å². The zero-order valence-electron chi connectivity index (χ0n) is 9.28. The molecule has 0 atom stereocenters. The van der Waals surface area contributed by atoms with E-state index >= 15 is 0 Å². The van der Waals surface area contributed by atoms with Crippen molar-refractivity contribution in [2.24, 2.45) is 0 Å². The van der Waals surface area contributed by atoms with Crippen LogP contribution < -0.4 is 0 Å². The van der Waals surface area contributed by atoms with Gasteiger partial charge in [-0.15, -0.1) is 26.3 Å². The highest BCUT2D eigenvalue weighted by atomic mass is 35.6. The summed E-state index contributed by atoms with van der Waals surface area (Å²) in [5, 5.41) is 0. The first-order valence-corrected chi connectivity index (χ1v) is 5.19. The molecular formula is C10H21Cl3O. The van der Waals surface area contributed by atoms with Crippen LogP contribution in [0.3, 0.4) is 0 Å².